The quantitative estimate of drug-likeness (QED) is 0.402. The van der Waals surface area contributed by atoms with Crippen molar-refractivity contribution in [2.45, 2.75) is 30.6 Å². The van der Waals surface area contributed by atoms with Gasteiger partial charge in [-0.3, -0.25) is 9.59 Å². The normalized spacial score (nSPS) is 23.0. The fourth-order valence-electron chi connectivity index (χ4n) is 4.14. The summed E-state index contributed by atoms with van der Waals surface area (Å²) < 4.78 is 17.2. The molecule has 0 aliphatic carbocycles. The predicted molar refractivity (Wildman–Crippen MR) is 134 cm³/mol. The highest BCUT2D eigenvalue weighted by Gasteiger charge is 2.48. The molecule has 5 unspecified atom stereocenters. The zero-order valence-corrected chi connectivity index (χ0v) is 20.2. The van der Waals surface area contributed by atoms with Gasteiger partial charge in [0.2, 0.25) is 0 Å². The summed E-state index contributed by atoms with van der Waals surface area (Å²) in [4.78, 5) is 38.4. The highest BCUT2D eigenvalue weighted by atomic mass is 16.6. The summed E-state index contributed by atoms with van der Waals surface area (Å²) in [6, 6.07) is 24.4. The van der Waals surface area contributed by atoms with Crippen LogP contribution in [0.4, 0.5) is 0 Å². The van der Waals surface area contributed by atoms with Crippen LogP contribution in [-0.2, 0) is 14.2 Å². The van der Waals surface area contributed by atoms with E-state index in [1.54, 1.807) is 91.0 Å². The third-order valence-electron chi connectivity index (χ3n) is 6.02. The lowest BCUT2D eigenvalue weighted by Crippen LogP contribution is -2.66. The molecule has 9 nitrogen and oxygen atoms in total. The van der Waals surface area contributed by atoms with Crippen LogP contribution >= 0.6 is 0 Å². The number of hydrogen-bond acceptors (Lipinski definition) is 7. The number of amides is 2. The summed E-state index contributed by atoms with van der Waals surface area (Å²) in [7, 11) is 1.38. The molecule has 1 fully saturated rings. The predicted octanol–water partition coefficient (Wildman–Crippen LogP) is 2.17. The summed E-state index contributed by atoms with van der Waals surface area (Å²) in [5.74, 6) is -1.46. The van der Waals surface area contributed by atoms with E-state index in [2.05, 4.69) is 10.6 Å². The van der Waals surface area contributed by atoms with Crippen LogP contribution in [-0.4, -0.2) is 67.2 Å². The van der Waals surface area contributed by atoms with E-state index >= 15 is 0 Å². The molecule has 0 radical (unpaired) electrons. The van der Waals surface area contributed by atoms with E-state index in [0.717, 1.165) is 0 Å². The summed E-state index contributed by atoms with van der Waals surface area (Å²) in [5, 5.41) is 16.3. The van der Waals surface area contributed by atoms with Gasteiger partial charge in [0.25, 0.3) is 11.8 Å². The van der Waals surface area contributed by atoms with E-state index in [9.17, 15) is 19.5 Å². The fourth-order valence-corrected chi connectivity index (χ4v) is 4.14. The second-order valence-electron chi connectivity index (χ2n) is 8.44. The first-order valence-corrected chi connectivity index (χ1v) is 11.8. The van der Waals surface area contributed by atoms with Gasteiger partial charge in [0.1, 0.15) is 18.2 Å². The lowest BCUT2D eigenvalue weighted by atomic mass is 9.95. The minimum absolute atomic E-state index is 0.0866. The van der Waals surface area contributed by atoms with Gasteiger partial charge in [-0.25, -0.2) is 4.79 Å². The topological polar surface area (TPSA) is 123 Å². The maximum absolute atomic E-state index is 12.9. The average molecular weight is 505 g/mol. The van der Waals surface area contributed by atoms with Gasteiger partial charge in [0.15, 0.2) is 12.4 Å². The first-order valence-electron chi connectivity index (χ1n) is 11.8. The molecule has 5 atom stereocenters. The number of rotatable bonds is 8. The molecule has 9 heteroatoms. The van der Waals surface area contributed by atoms with E-state index in [1.807, 2.05) is 0 Å². The van der Waals surface area contributed by atoms with Gasteiger partial charge in [-0.15, -0.1) is 0 Å². The van der Waals surface area contributed by atoms with Gasteiger partial charge in [0.05, 0.1) is 5.56 Å². The number of aliphatic hydroxyl groups is 1. The van der Waals surface area contributed by atoms with Gasteiger partial charge in [-0.05, 0) is 36.4 Å². The van der Waals surface area contributed by atoms with Crippen molar-refractivity contribution in [1.29, 1.82) is 0 Å². The molecule has 0 saturated carbocycles. The van der Waals surface area contributed by atoms with Gasteiger partial charge < -0.3 is 30.0 Å². The van der Waals surface area contributed by atoms with Crippen LogP contribution in [0.25, 0.3) is 0 Å². The largest absolute Gasteiger partial charge is 0.453 e. The molecule has 37 heavy (non-hydrogen) atoms. The van der Waals surface area contributed by atoms with Crippen molar-refractivity contribution >= 4 is 17.8 Å². The third-order valence-corrected chi connectivity index (χ3v) is 6.02. The summed E-state index contributed by atoms with van der Waals surface area (Å²) in [6.45, 7) is -0.0866. The molecule has 4 rings (SSSR count). The Morgan fingerprint density at radius 2 is 1.30 bits per heavy atom. The number of esters is 1. The lowest BCUT2D eigenvalue weighted by molar-refractivity contribution is -0.248. The van der Waals surface area contributed by atoms with E-state index < -0.39 is 42.5 Å². The highest BCUT2D eigenvalue weighted by Crippen LogP contribution is 2.26. The molecule has 1 saturated heterocycles. The Morgan fingerprint density at radius 3 is 1.84 bits per heavy atom. The molecule has 1 aliphatic rings. The number of nitrogens with one attached hydrogen (secondary N) is 2. The molecular weight excluding hydrogens is 476 g/mol. The van der Waals surface area contributed by atoms with Crippen LogP contribution < -0.4 is 10.6 Å². The summed E-state index contributed by atoms with van der Waals surface area (Å²) in [5.41, 5.74) is 1.12. The van der Waals surface area contributed by atoms with Crippen molar-refractivity contribution in [1.82, 2.24) is 10.6 Å². The number of aliphatic hydroxyl groups excluding tert-OH is 1. The smallest absolute Gasteiger partial charge is 0.338 e. The Hall–Kier alpha value is -4.05. The van der Waals surface area contributed by atoms with Crippen molar-refractivity contribution in [3.05, 3.63) is 108 Å². The number of benzene rings is 3. The highest BCUT2D eigenvalue weighted by molar-refractivity contribution is 5.95. The van der Waals surface area contributed by atoms with Crippen molar-refractivity contribution in [2.75, 3.05) is 13.7 Å². The molecule has 0 aromatic heterocycles. The first-order chi connectivity index (χ1) is 18.0. The Morgan fingerprint density at radius 1 is 0.784 bits per heavy atom. The van der Waals surface area contributed by atoms with Crippen LogP contribution in [0, 0.1) is 0 Å². The van der Waals surface area contributed by atoms with Crippen LogP contribution in [0.3, 0.4) is 0 Å². The maximum Gasteiger partial charge on any atom is 0.338 e. The second kappa shape index (κ2) is 12.3. The van der Waals surface area contributed by atoms with Crippen LogP contribution in [0.1, 0.15) is 31.1 Å². The monoisotopic (exact) mass is 504 g/mol. The number of methoxy groups -OCH3 is 1. The number of carbonyl (C=O) groups is 3. The molecule has 3 aromatic rings. The Balaban J connectivity index is 1.55. The van der Waals surface area contributed by atoms with Crippen LogP contribution in [0.2, 0.25) is 0 Å². The van der Waals surface area contributed by atoms with Crippen molar-refractivity contribution in [2.24, 2.45) is 0 Å². The van der Waals surface area contributed by atoms with E-state index in [0.29, 0.717) is 16.7 Å². The molecule has 2 amide bonds. The minimum Gasteiger partial charge on any atom is -0.453 e. The fraction of sp³-hybridized carbons (Fsp3) is 0.250. The van der Waals surface area contributed by atoms with Gasteiger partial charge in [0, 0.05) is 24.8 Å². The first kappa shape index (κ1) is 26.0. The van der Waals surface area contributed by atoms with Crippen LogP contribution in [0.5, 0.6) is 0 Å². The molecule has 0 spiro atoms. The van der Waals surface area contributed by atoms with Crippen LogP contribution in [0.15, 0.2) is 91.0 Å². The Kier molecular flexibility index (Phi) is 8.63. The zero-order valence-electron chi connectivity index (χ0n) is 20.2. The van der Waals surface area contributed by atoms with E-state index in [-0.39, 0.29) is 12.5 Å². The van der Waals surface area contributed by atoms with Gasteiger partial charge in [-0.2, -0.15) is 0 Å². The maximum atomic E-state index is 12.9. The molecule has 3 N–H and O–H groups in total. The number of hydrogen-bond donors (Lipinski definition) is 3. The van der Waals surface area contributed by atoms with Gasteiger partial charge in [-0.1, -0.05) is 54.6 Å². The molecule has 1 aliphatic heterocycles. The van der Waals surface area contributed by atoms with Crippen molar-refractivity contribution in [3.63, 3.8) is 0 Å². The van der Waals surface area contributed by atoms with Crippen molar-refractivity contribution in [3.8, 4) is 0 Å². The Labute approximate surface area is 214 Å². The summed E-state index contributed by atoms with van der Waals surface area (Å²) in [6.07, 6.45) is -4.52. The molecular formula is C28H28N2O7. The molecule has 3 aromatic carbocycles. The number of ether oxygens (including phenoxy) is 3. The lowest BCUT2D eigenvalue weighted by Gasteiger charge is -2.44. The van der Waals surface area contributed by atoms with E-state index in [4.69, 9.17) is 14.2 Å². The SMILES string of the molecule is COC1C(NC(=O)c2ccccc2)C(O)OC(CNC(=O)c2ccccc2)C1OC(=O)c1ccccc1. The van der Waals surface area contributed by atoms with E-state index in [1.165, 1.54) is 7.11 Å². The third kappa shape index (κ3) is 6.39. The van der Waals surface area contributed by atoms with Crippen molar-refractivity contribution < 1.29 is 33.7 Å². The Bertz CT molecular complexity index is 1190. The minimum atomic E-state index is -1.50. The van der Waals surface area contributed by atoms with Gasteiger partial charge >= 0.3 is 5.97 Å². The second-order valence-corrected chi connectivity index (χ2v) is 8.44. The molecule has 192 valence electrons. The standard InChI is InChI=1S/C28H28N2O7/c1-35-24-22(30-26(32)19-13-7-3-8-14-19)28(34)36-21(17-29-25(31)18-11-5-2-6-12-18)23(24)37-27(33)20-15-9-4-10-16-20/h2-16,21-24,28,34H,17H2,1H3,(H,29,31)(H,30,32). The molecule has 1 heterocycles. The number of carbonyl (C=O) groups excluding carboxylic acids is 3. The summed E-state index contributed by atoms with van der Waals surface area (Å²) >= 11 is 0. The average Bonchev–Trinajstić information content (AvgIpc) is 2.95. The zero-order chi connectivity index (χ0) is 26.2. The molecule has 0 bridgehead atoms.